The molecule has 0 aliphatic heterocycles. The zero-order valence-electron chi connectivity index (χ0n) is 12.6. The molecule has 3 rings (SSSR count). The second-order valence-electron chi connectivity index (χ2n) is 5.52. The minimum atomic E-state index is 0.691. The van der Waals surface area contributed by atoms with E-state index in [1.807, 2.05) is 0 Å². The highest BCUT2D eigenvalue weighted by Gasteiger charge is 2.10. The Morgan fingerprint density at radius 3 is 1.67 bits per heavy atom. The monoisotopic (exact) mass is 281 g/mol. The van der Waals surface area contributed by atoms with Crippen molar-refractivity contribution >= 4 is 21.8 Å². The minimum Gasteiger partial charge on any atom is -0.341 e. The zero-order valence-corrected chi connectivity index (χ0v) is 12.6. The zero-order chi connectivity index (χ0) is 14.8. The largest absolute Gasteiger partial charge is 0.341 e. The van der Waals surface area contributed by atoms with E-state index in [0.717, 1.165) is 19.4 Å². The normalized spacial score (nSPS) is 11.6. The Labute approximate surface area is 125 Å². The summed E-state index contributed by atoms with van der Waals surface area (Å²) in [6, 6.07) is 13.4. The summed E-state index contributed by atoms with van der Waals surface area (Å²) in [5.74, 6) is 0. The highest BCUT2D eigenvalue weighted by molar-refractivity contribution is 6.08. The van der Waals surface area contributed by atoms with E-state index in [1.165, 1.54) is 32.9 Å². The van der Waals surface area contributed by atoms with Gasteiger partial charge in [0.2, 0.25) is 0 Å². The van der Waals surface area contributed by atoms with E-state index in [4.69, 9.17) is 11.5 Å². The molecule has 0 fully saturated rings. The molecular formula is C18H23N3. The molecule has 21 heavy (non-hydrogen) atoms. The first-order valence-electron chi connectivity index (χ1n) is 7.72. The molecule has 3 nitrogen and oxygen atoms in total. The van der Waals surface area contributed by atoms with Crippen LogP contribution in [0.5, 0.6) is 0 Å². The van der Waals surface area contributed by atoms with E-state index in [2.05, 4.69) is 47.9 Å². The first kappa shape index (κ1) is 14.1. The number of hydrogen-bond donors (Lipinski definition) is 2. The Hall–Kier alpha value is -1.84. The van der Waals surface area contributed by atoms with Gasteiger partial charge in [-0.1, -0.05) is 12.1 Å². The fraction of sp³-hybridized carbons (Fsp3) is 0.333. The highest BCUT2D eigenvalue weighted by atomic mass is 15.0. The van der Waals surface area contributed by atoms with Crippen molar-refractivity contribution in [1.29, 1.82) is 0 Å². The fourth-order valence-electron chi connectivity index (χ4n) is 3.18. The van der Waals surface area contributed by atoms with Crippen LogP contribution in [0, 0.1) is 0 Å². The van der Waals surface area contributed by atoms with Gasteiger partial charge in [0, 0.05) is 28.4 Å². The number of hydrogen-bond acceptors (Lipinski definition) is 2. The van der Waals surface area contributed by atoms with Crippen LogP contribution in [0.15, 0.2) is 36.4 Å². The number of aryl methyl sites for hydroxylation is 1. The van der Waals surface area contributed by atoms with Crippen molar-refractivity contribution in [2.45, 2.75) is 26.3 Å². The molecule has 0 aliphatic rings. The molecule has 0 unspecified atom stereocenters. The third kappa shape index (κ3) is 2.43. The lowest BCUT2D eigenvalue weighted by atomic mass is 10.0. The van der Waals surface area contributed by atoms with Crippen molar-refractivity contribution in [3.63, 3.8) is 0 Å². The fourth-order valence-corrected chi connectivity index (χ4v) is 3.18. The molecule has 0 saturated carbocycles. The smallest absolute Gasteiger partial charge is 0.0491 e. The van der Waals surface area contributed by atoms with E-state index < -0.39 is 0 Å². The molecule has 3 aromatic rings. The van der Waals surface area contributed by atoms with Crippen molar-refractivity contribution in [1.82, 2.24) is 4.57 Å². The second kappa shape index (κ2) is 5.88. The summed E-state index contributed by atoms with van der Waals surface area (Å²) in [5.41, 5.74) is 16.6. The maximum absolute atomic E-state index is 5.69. The van der Waals surface area contributed by atoms with E-state index >= 15 is 0 Å². The van der Waals surface area contributed by atoms with Gasteiger partial charge in [-0.3, -0.25) is 0 Å². The van der Waals surface area contributed by atoms with Gasteiger partial charge in [-0.15, -0.1) is 0 Å². The summed E-state index contributed by atoms with van der Waals surface area (Å²) in [4.78, 5) is 0. The molecule has 0 radical (unpaired) electrons. The van der Waals surface area contributed by atoms with Crippen molar-refractivity contribution < 1.29 is 0 Å². The van der Waals surface area contributed by atoms with Crippen molar-refractivity contribution in [3.8, 4) is 0 Å². The van der Waals surface area contributed by atoms with Crippen LogP contribution in [-0.2, 0) is 19.4 Å². The van der Waals surface area contributed by atoms with Crippen LogP contribution in [0.2, 0.25) is 0 Å². The molecule has 0 bridgehead atoms. The maximum atomic E-state index is 5.69. The average molecular weight is 281 g/mol. The Morgan fingerprint density at radius 1 is 0.810 bits per heavy atom. The van der Waals surface area contributed by atoms with Gasteiger partial charge >= 0.3 is 0 Å². The van der Waals surface area contributed by atoms with Crippen molar-refractivity contribution in [2.75, 3.05) is 13.1 Å². The number of nitrogens with two attached hydrogens (primary N) is 2. The van der Waals surface area contributed by atoms with Crippen LogP contribution in [0.1, 0.15) is 18.1 Å². The summed E-state index contributed by atoms with van der Waals surface area (Å²) in [7, 11) is 0. The first-order chi connectivity index (χ1) is 10.3. The lowest BCUT2D eigenvalue weighted by molar-refractivity contribution is 0.826. The lowest BCUT2D eigenvalue weighted by Gasteiger charge is -2.04. The van der Waals surface area contributed by atoms with Crippen molar-refractivity contribution in [3.05, 3.63) is 47.5 Å². The van der Waals surface area contributed by atoms with E-state index in [0.29, 0.717) is 13.1 Å². The predicted octanol–water partition coefficient (Wildman–Crippen LogP) is 2.82. The molecule has 0 atom stereocenters. The Kier molecular flexibility index (Phi) is 3.95. The topological polar surface area (TPSA) is 57.0 Å². The third-order valence-corrected chi connectivity index (χ3v) is 4.18. The number of benzene rings is 2. The standard InChI is InChI=1S/C18H23N3/c1-2-21-17-5-3-13(7-9-19)11-15(17)16-12-14(8-10-20)4-6-18(16)21/h3-6,11-12H,2,7-10,19-20H2,1H3. The predicted molar refractivity (Wildman–Crippen MR) is 90.6 cm³/mol. The molecule has 0 spiro atoms. The SMILES string of the molecule is CCn1c2ccc(CCN)cc2c2cc(CCN)ccc21. The van der Waals surface area contributed by atoms with Crippen LogP contribution < -0.4 is 11.5 Å². The molecule has 0 saturated heterocycles. The van der Waals surface area contributed by atoms with Gasteiger partial charge < -0.3 is 16.0 Å². The van der Waals surface area contributed by atoms with Gasteiger partial charge in [-0.05, 0) is 68.2 Å². The minimum absolute atomic E-state index is 0.691. The first-order valence-corrected chi connectivity index (χ1v) is 7.72. The van der Waals surface area contributed by atoms with Crippen LogP contribution in [0.4, 0.5) is 0 Å². The number of rotatable bonds is 5. The van der Waals surface area contributed by atoms with Crippen LogP contribution >= 0.6 is 0 Å². The van der Waals surface area contributed by atoms with Gasteiger partial charge in [-0.2, -0.15) is 0 Å². The molecular weight excluding hydrogens is 258 g/mol. The van der Waals surface area contributed by atoms with Crippen LogP contribution in [0.25, 0.3) is 21.8 Å². The second-order valence-corrected chi connectivity index (χ2v) is 5.52. The number of fused-ring (bicyclic) bond motifs is 3. The summed E-state index contributed by atoms with van der Waals surface area (Å²) < 4.78 is 2.38. The van der Waals surface area contributed by atoms with Gasteiger partial charge in [-0.25, -0.2) is 0 Å². The summed E-state index contributed by atoms with van der Waals surface area (Å²) in [5, 5.41) is 2.66. The van der Waals surface area contributed by atoms with E-state index in [-0.39, 0.29) is 0 Å². The Balaban J connectivity index is 2.28. The molecule has 3 heteroatoms. The summed E-state index contributed by atoms with van der Waals surface area (Å²) in [6.07, 6.45) is 1.86. The quantitative estimate of drug-likeness (QED) is 0.755. The van der Waals surface area contributed by atoms with Gasteiger partial charge in [0.1, 0.15) is 0 Å². The number of aromatic nitrogens is 1. The Bertz CT molecular complexity index is 708. The number of nitrogens with zero attached hydrogens (tertiary/aromatic N) is 1. The summed E-state index contributed by atoms with van der Waals surface area (Å²) >= 11 is 0. The lowest BCUT2D eigenvalue weighted by Crippen LogP contribution is -2.02. The van der Waals surface area contributed by atoms with Gasteiger partial charge in [0.25, 0.3) is 0 Å². The molecule has 0 aliphatic carbocycles. The summed E-state index contributed by atoms with van der Waals surface area (Å²) in [6.45, 7) is 4.56. The molecule has 110 valence electrons. The molecule has 0 amide bonds. The highest BCUT2D eigenvalue weighted by Crippen LogP contribution is 2.30. The van der Waals surface area contributed by atoms with Crippen LogP contribution in [-0.4, -0.2) is 17.7 Å². The van der Waals surface area contributed by atoms with Crippen molar-refractivity contribution in [2.24, 2.45) is 11.5 Å². The van der Waals surface area contributed by atoms with Crippen LogP contribution in [0.3, 0.4) is 0 Å². The molecule has 4 N–H and O–H groups in total. The average Bonchev–Trinajstić information content (AvgIpc) is 2.81. The van der Waals surface area contributed by atoms with E-state index in [9.17, 15) is 0 Å². The van der Waals surface area contributed by atoms with Gasteiger partial charge in [0.15, 0.2) is 0 Å². The molecule has 1 heterocycles. The Morgan fingerprint density at radius 2 is 1.29 bits per heavy atom. The molecule has 1 aromatic heterocycles. The third-order valence-electron chi connectivity index (χ3n) is 4.18. The van der Waals surface area contributed by atoms with E-state index in [1.54, 1.807) is 0 Å². The molecule has 2 aromatic carbocycles. The van der Waals surface area contributed by atoms with Gasteiger partial charge in [0.05, 0.1) is 0 Å². The maximum Gasteiger partial charge on any atom is 0.0491 e.